The smallest absolute Gasteiger partial charge is 0.148 e. The minimum Gasteiger partial charge on any atom is -0.495 e. The molecule has 0 saturated heterocycles. The van der Waals surface area contributed by atoms with Gasteiger partial charge in [0.15, 0.2) is 0 Å². The zero-order valence-corrected chi connectivity index (χ0v) is 17.3. The molecule has 28 heavy (non-hydrogen) atoms. The molecule has 0 spiro atoms. The first-order valence-corrected chi connectivity index (χ1v) is 8.92. The largest absolute Gasteiger partial charge is 0.495 e. The van der Waals surface area contributed by atoms with Crippen LogP contribution in [0.5, 0.6) is 5.75 Å². The first-order valence-electron chi connectivity index (χ1n) is 8.92. The van der Waals surface area contributed by atoms with E-state index in [-0.39, 0.29) is 25.1 Å². The van der Waals surface area contributed by atoms with Crippen LogP contribution < -0.4 is 10.1 Å². The maximum Gasteiger partial charge on any atom is 0.148 e. The van der Waals surface area contributed by atoms with E-state index in [0.717, 1.165) is 28.4 Å². The number of nitrogens with one attached hydrogen (secondary N) is 1. The van der Waals surface area contributed by atoms with E-state index in [2.05, 4.69) is 20.5 Å². The Kier molecular flexibility index (Phi) is 7.37. The van der Waals surface area contributed by atoms with Gasteiger partial charge >= 0.3 is 0 Å². The second-order valence-corrected chi connectivity index (χ2v) is 6.79. The Morgan fingerprint density at radius 2 is 1.96 bits per heavy atom. The summed E-state index contributed by atoms with van der Waals surface area (Å²) in [6.07, 6.45) is 3.71. The molecular formula is C20H26ClN5O2. The molecule has 0 unspecified atom stereocenters. The highest BCUT2D eigenvalue weighted by molar-refractivity contribution is 5.85. The predicted octanol–water partition coefficient (Wildman–Crippen LogP) is 3.50. The molecule has 0 aliphatic rings. The molecule has 0 amide bonds. The van der Waals surface area contributed by atoms with E-state index < -0.39 is 0 Å². The van der Waals surface area contributed by atoms with Gasteiger partial charge in [-0.3, -0.25) is 0 Å². The molecule has 8 heteroatoms. The van der Waals surface area contributed by atoms with Crippen molar-refractivity contribution in [2.24, 2.45) is 5.92 Å². The average molecular weight is 404 g/mol. The second kappa shape index (κ2) is 9.52. The van der Waals surface area contributed by atoms with Gasteiger partial charge in [-0.2, -0.15) is 0 Å². The van der Waals surface area contributed by atoms with Gasteiger partial charge < -0.3 is 19.7 Å². The van der Waals surface area contributed by atoms with E-state index in [9.17, 15) is 5.11 Å². The van der Waals surface area contributed by atoms with Crippen molar-refractivity contribution in [1.82, 2.24) is 19.7 Å². The highest BCUT2D eigenvalue weighted by atomic mass is 35.5. The number of ether oxygens (including phenoxy) is 1. The molecule has 1 aromatic carbocycles. The molecule has 1 atom stereocenters. The van der Waals surface area contributed by atoms with Crippen molar-refractivity contribution >= 4 is 18.2 Å². The number of aliphatic hydroxyl groups excluding tert-OH is 1. The minimum atomic E-state index is -0.0526. The van der Waals surface area contributed by atoms with Gasteiger partial charge in [-0.05, 0) is 37.1 Å². The van der Waals surface area contributed by atoms with Crippen LogP contribution in [0.15, 0.2) is 42.9 Å². The number of methoxy groups -OCH3 is 1. The Morgan fingerprint density at radius 3 is 2.50 bits per heavy atom. The first-order chi connectivity index (χ1) is 13.0. The van der Waals surface area contributed by atoms with Crippen LogP contribution in [0.25, 0.3) is 16.9 Å². The Bertz CT molecular complexity index is 896. The molecule has 0 saturated carbocycles. The van der Waals surface area contributed by atoms with Crippen LogP contribution >= 0.6 is 12.4 Å². The lowest BCUT2D eigenvalue weighted by atomic mass is 10.1. The highest BCUT2D eigenvalue weighted by Crippen LogP contribution is 2.29. The van der Waals surface area contributed by atoms with Crippen LogP contribution in [0.3, 0.4) is 0 Å². The number of aryl methyl sites for hydroxylation is 1. The van der Waals surface area contributed by atoms with Crippen molar-refractivity contribution in [3.05, 3.63) is 48.5 Å². The number of hydrogen-bond acceptors (Lipinski definition) is 6. The van der Waals surface area contributed by atoms with Gasteiger partial charge in [0, 0.05) is 11.8 Å². The second-order valence-electron chi connectivity index (χ2n) is 6.79. The monoisotopic (exact) mass is 403 g/mol. The molecule has 7 nitrogen and oxygen atoms in total. The van der Waals surface area contributed by atoms with Gasteiger partial charge in [0.1, 0.15) is 11.6 Å². The number of aromatic nitrogens is 4. The van der Waals surface area contributed by atoms with E-state index in [1.807, 2.05) is 61.9 Å². The number of imidazole rings is 1. The minimum absolute atomic E-state index is 0. The lowest BCUT2D eigenvalue weighted by Crippen LogP contribution is -2.29. The molecule has 0 radical (unpaired) electrons. The normalized spacial score (nSPS) is 11.8. The van der Waals surface area contributed by atoms with Crippen LogP contribution in [0.4, 0.5) is 5.82 Å². The molecule has 0 fully saturated rings. The quantitative estimate of drug-likeness (QED) is 0.628. The van der Waals surface area contributed by atoms with E-state index in [1.165, 1.54) is 0 Å². The van der Waals surface area contributed by atoms with Crippen molar-refractivity contribution in [1.29, 1.82) is 0 Å². The molecule has 0 aliphatic carbocycles. The molecule has 2 heterocycles. The summed E-state index contributed by atoms with van der Waals surface area (Å²) in [6.45, 7) is 6.09. The van der Waals surface area contributed by atoms with Crippen molar-refractivity contribution in [2.45, 2.75) is 26.8 Å². The Balaban J connectivity index is 0.00000280. The molecule has 3 aromatic rings. The first kappa shape index (κ1) is 21.7. The van der Waals surface area contributed by atoms with Crippen LogP contribution in [0.2, 0.25) is 0 Å². The van der Waals surface area contributed by atoms with E-state index in [0.29, 0.717) is 11.7 Å². The van der Waals surface area contributed by atoms with Crippen LogP contribution in [-0.4, -0.2) is 44.6 Å². The fraction of sp³-hybridized carbons (Fsp3) is 0.350. The summed E-state index contributed by atoms with van der Waals surface area (Å²) in [5, 5.41) is 21.2. The van der Waals surface area contributed by atoms with Gasteiger partial charge in [-0.1, -0.05) is 19.9 Å². The van der Waals surface area contributed by atoms with Crippen molar-refractivity contribution in [3.63, 3.8) is 0 Å². The molecule has 3 rings (SSSR count). The molecule has 0 bridgehead atoms. The Morgan fingerprint density at radius 1 is 1.18 bits per heavy atom. The number of aliphatic hydroxyl groups is 1. The molecule has 150 valence electrons. The fourth-order valence-corrected chi connectivity index (χ4v) is 2.78. The molecule has 2 aromatic heterocycles. The number of halogens is 1. The van der Waals surface area contributed by atoms with E-state index >= 15 is 0 Å². The van der Waals surface area contributed by atoms with Crippen LogP contribution in [-0.2, 0) is 0 Å². The number of rotatable bonds is 7. The zero-order chi connectivity index (χ0) is 19.4. The van der Waals surface area contributed by atoms with Gasteiger partial charge in [-0.25, -0.2) is 4.98 Å². The summed E-state index contributed by atoms with van der Waals surface area (Å²) in [6, 6.07) is 9.61. The fourth-order valence-electron chi connectivity index (χ4n) is 2.78. The van der Waals surface area contributed by atoms with Gasteiger partial charge in [0.2, 0.25) is 0 Å². The number of anilines is 1. The third kappa shape index (κ3) is 4.79. The van der Waals surface area contributed by atoms with Gasteiger partial charge in [-0.15, -0.1) is 22.6 Å². The zero-order valence-electron chi connectivity index (χ0n) is 16.5. The van der Waals surface area contributed by atoms with Crippen molar-refractivity contribution < 1.29 is 9.84 Å². The van der Waals surface area contributed by atoms with E-state index in [1.54, 1.807) is 13.4 Å². The summed E-state index contributed by atoms with van der Waals surface area (Å²) in [5.74, 6) is 1.66. The lowest BCUT2D eigenvalue weighted by Gasteiger charge is -2.20. The summed E-state index contributed by atoms with van der Waals surface area (Å²) >= 11 is 0. The lowest BCUT2D eigenvalue weighted by molar-refractivity contribution is 0.249. The third-order valence-corrected chi connectivity index (χ3v) is 4.46. The maximum absolute atomic E-state index is 9.44. The maximum atomic E-state index is 9.44. The molecule has 0 aliphatic heterocycles. The summed E-state index contributed by atoms with van der Waals surface area (Å²) < 4.78 is 7.48. The average Bonchev–Trinajstić information content (AvgIpc) is 3.12. The third-order valence-electron chi connectivity index (χ3n) is 4.46. The summed E-state index contributed by atoms with van der Waals surface area (Å²) in [5.41, 5.74) is 3.51. The van der Waals surface area contributed by atoms with Crippen LogP contribution in [0, 0.1) is 12.8 Å². The van der Waals surface area contributed by atoms with Crippen molar-refractivity contribution in [3.8, 4) is 22.7 Å². The Hall–Kier alpha value is -2.64. The standard InChI is InChI=1S/C20H25N5O2.ClH/c1-13(2)17(11-26)22-20-8-6-16(23-24-20)15-5-7-18(19(9-15)27-4)25-10-14(3)21-12-25;/h5-10,12-13,17,26H,11H2,1-4H3,(H,22,24);1H/t17-;/m0./s1. The number of benzene rings is 1. The number of nitrogens with zero attached hydrogens (tertiary/aromatic N) is 4. The van der Waals surface area contributed by atoms with E-state index in [4.69, 9.17) is 4.74 Å². The molecule has 2 N–H and O–H groups in total. The summed E-state index contributed by atoms with van der Waals surface area (Å²) in [4.78, 5) is 4.26. The highest BCUT2D eigenvalue weighted by Gasteiger charge is 2.13. The predicted molar refractivity (Wildman–Crippen MR) is 112 cm³/mol. The van der Waals surface area contributed by atoms with Crippen LogP contribution in [0.1, 0.15) is 19.5 Å². The Labute approximate surface area is 171 Å². The molecular weight excluding hydrogens is 378 g/mol. The number of hydrogen-bond donors (Lipinski definition) is 2. The van der Waals surface area contributed by atoms with Gasteiger partial charge in [0.05, 0.1) is 43.2 Å². The topological polar surface area (TPSA) is 85.1 Å². The SMILES string of the molecule is COc1cc(-c2ccc(N[C@@H](CO)C(C)C)nn2)ccc1-n1cnc(C)c1.Cl. The summed E-state index contributed by atoms with van der Waals surface area (Å²) in [7, 11) is 1.64. The van der Waals surface area contributed by atoms with Crippen molar-refractivity contribution in [2.75, 3.05) is 19.0 Å². The van der Waals surface area contributed by atoms with Gasteiger partial charge in [0.25, 0.3) is 0 Å².